The Kier molecular flexibility index (Phi) is 34.1. The Bertz CT molecular complexity index is 4010. The van der Waals surface area contributed by atoms with Crippen molar-refractivity contribution < 1.29 is 308 Å². The highest BCUT2D eigenvalue weighted by atomic mass is 32.2. The summed E-state index contributed by atoms with van der Waals surface area (Å²) in [6.45, 7) is -0.959. The van der Waals surface area contributed by atoms with Gasteiger partial charge in [0.25, 0.3) is 0 Å². The lowest BCUT2D eigenvalue weighted by atomic mass is 9.88. The third-order valence-corrected chi connectivity index (χ3v) is 21.7. The van der Waals surface area contributed by atoms with Crippen LogP contribution < -0.4 is 9.47 Å². The Hall–Kier alpha value is -5.32. The highest BCUT2D eigenvalue weighted by Crippen LogP contribution is 2.71. The Labute approximate surface area is 706 Å². The van der Waals surface area contributed by atoms with Crippen LogP contribution >= 0.6 is 47.0 Å². The first kappa shape index (κ1) is 124. The van der Waals surface area contributed by atoms with Gasteiger partial charge in [0.1, 0.15) is 11.5 Å². The van der Waals surface area contributed by atoms with Crippen LogP contribution in [-0.2, 0) is 23.0 Å². The summed E-state index contributed by atoms with van der Waals surface area (Å²) in [5, 5.41) is 0. The van der Waals surface area contributed by atoms with E-state index in [0.29, 0.717) is 26.0 Å². The van der Waals surface area contributed by atoms with E-state index in [-0.39, 0.29) is 12.1 Å². The number of aryl methyl sites for hydroxylation is 2. The van der Waals surface area contributed by atoms with Gasteiger partial charge in [0.2, 0.25) is 6.79 Å². The van der Waals surface area contributed by atoms with Gasteiger partial charge in [0, 0.05) is 59.8 Å². The van der Waals surface area contributed by atoms with Crippen molar-refractivity contribution >= 4 is 47.0 Å². The summed E-state index contributed by atoms with van der Waals surface area (Å²) in [6.07, 6.45) is -46.3. The Morgan fingerprint density at radius 2 is 0.316 bits per heavy atom. The number of halogens is 68. The highest BCUT2D eigenvalue weighted by molar-refractivity contribution is 7.99. The van der Waals surface area contributed by atoms with Crippen LogP contribution in [0.4, 0.5) is 299 Å². The number of hydrogen-bond acceptors (Lipinski definition) is 6. The van der Waals surface area contributed by atoms with Gasteiger partial charge in [-0.25, -0.2) is 0 Å². The van der Waals surface area contributed by atoms with E-state index in [0.717, 1.165) is 0 Å². The smallest absolute Gasteiger partial charge is 0.457 e. The third kappa shape index (κ3) is 19.6. The van der Waals surface area contributed by atoms with E-state index in [2.05, 4.69) is 0 Å². The molecular formula is C59H36F68O2S4. The summed E-state index contributed by atoms with van der Waals surface area (Å²) < 4.78 is 958. The summed E-state index contributed by atoms with van der Waals surface area (Å²) in [7, 11) is 0. The van der Waals surface area contributed by atoms with Crippen LogP contribution in [0.2, 0.25) is 0 Å². The summed E-state index contributed by atoms with van der Waals surface area (Å²) in [6, 6.07) is 1.17. The standard InChI is InChI=1S/C59H36F68O2S4/c1-20-11-22(15-130-7-3-28(60,61)32(68,69)36(76,77)40(84,85)44(92,93)48(100,101)52(108,109)56(116,117)118)13-24(17-132-9-5-30(64,65)34(72,73)38(80,81)42(88,89)46(96,97)50(104,105)54(112,113)58(122,123)124)26(20)128-19-129-27-21(2)12-23(16-131-8-4-29(62,63)33(70,71)37(78,79)41(86,87)45(94,95)49(102,103)53(110,111)57(119,120)121)14-25(27)18-133-10-6-31(66,67)35(74,75)39(82,83)43(90,91)47(98,99)51(106,107)55(114,115)59(125,126)127/h11-14H,3-10,15-19H2,1-2H3. The maximum Gasteiger partial charge on any atom is 0.460 e. The molecule has 74 heteroatoms. The molecule has 0 aliphatic rings. The van der Waals surface area contributed by atoms with Crippen LogP contribution in [0.5, 0.6) is 11.5 Å². The van der Waals surface area contributed by atoms with Gasteiger partial charge < -0.3 is 9.47 Å². The largest absolute Gasteiger partial charge is 0.460 e. The summed E-state index contributed by atoms with van der Waals surface area (Å²) >= 11 is -2.58. The number of hydrogen-bond donors (Lipinski definition) is 0. The maximum atomic E-state index is 15.0. The van der Waals surface area contributed by atoms with Gasteiger partial charge in [-0.15, -0.1) is 0 Å². The van der Waals surface area contributed by atoms with Gasteiger partial charge >= 0.3 is 191 Å². The highest BCUT2D eigenvalue weighted by Gasteiger charge is 3.00. The Balaban J connectivity index is 3.01. The summed E-state index contributed by atoms with van der Waals surface area (Å²) in [4.78, 5) is 0. The molecular weight excluding hydrogens is 2160 g/mol. The van der Waals surface area contributed by atoms with Crippen LogP contribution in [0.15, 0.2) is 24.3 Å². The van der Waals surface area contributed by atoms with Crippen LogP contribution in [-0.4, -0.2) is 220 Å². The van der Waals surface area contributed by atoms with E-state index >= 15 is 0 Å². The van der Waals surface area contributed by atoms with Crippen molar-refractivity contribution in [1.82, 2.24) is 0 Å². The molecule has 133 heavy (non-hydrogen) atoms. The molecule has 0 saturated heterocycles. The zero-order chi connectivity index (χ0) is 107. The van der Waals surface area contributed by atoms with Gasteiger partial charge in [-0.2, -0.15) is 346 Å². The third-order valence-electron chi connectivity index (χ3n) is 17.7. The van der Waals surface area contributed by atoms with E-state index in [1.54, 1.807) is 0 Å². The fraction of sp³-hybridized carbons (Fsp3) is 0.797. The Morgan fingerprint density at radius 3 is 0.466 bits per heavy atom. The number of alkyl halides is 68. The second-order valence-corrected chi connectivity index (χ2v) is 31.4. The second-order valence-electron chi connectivity index (χ2n) is 27.0. The predicted octanol–water partition coefficient (Wildman–Crippen LogP) is 30.2. The first-order valence-electron chi connectivity index (χ1n) is 32.3. The van der Waals surface area contributed by atoms with E-state index in [1.807, 2.05) is 0 Å². The van der Waals surface area contributed by atoms with Crippen molar-refractivity contribution in [3.63, 3.8) is 0 Å². The van der Waals surface area contributed by atoms with Crippen LogP contribution in [0.1, 0.15) is 59.1 Å². The zero-order valence-electron chi connectivity index (χ0n) is 61.7. The summed E-state index contributed by atoms with van der Waals surface area (Å²) in [5.41, 5.74) is -6.01. The number of thioether (sulfide) groups is 4. The molecule has 0 atom stereocenters. The fourth-order valence-corrected chi connectivity index (χ4v) is 13.6. The average molecular weight is 2200 g/mol. The molecule has 0 saturated carbocycles. The van der Waals surface area contributed by atoms with Crippen molar-refractivity contribution in [2.24, 2.45) is 0 Å². The molecule has 784 valence electrons. The molecule has 2 aromatic rings. The molecule has 0 aromatic heterocycles. The van der Waals surface area contributed by atoms with Crippen molar-refractivity contribution in [2.75, 3.05) is 29.8 Å². The van der Waals surface area contributed by atoms with Gasteiger partial charge in [-0.1, -0.05) is 24.3 Å². The molecule has 2 aromatic carbocycles. The quantitative estimate of drug-likeness (QED) is 0.0371. The molecule has 0 amide bonds. The first-order valence-corrected chi connectivity index (χ1v) is 36.9. The van der Waals surface area contributed by atoms with Crippen molar-refractivity contribution in [1.29, 1.82) is 0 Å². The SMILES string of the molecule is Cc1cc(CSCCC(F)(F)C(F)(F)C(F)(F)C(F)(F)C(F)(F)C(F)(F)C(F)(F)C(F)(F)F)cc(CSCCC(F)(F)C(F)(F)C(F)(F)C(F)(F)C(F)(F)C(F)(F)C(F)(F)C(F)(F)F)c1OCOc1c(C)cc(CSCCC(F)(F)C(F)(F)C(F)(F)C(F)(F)C(F)(F)C(F)(F)C(F)(F)C(F)(F)F)cc1CSCCC(F)(F)C(F)(F)C(F)(F)C(F)(F)C(F)(F)C(F)(F)C(F)(F)C(F)(F)F. The van der Waals surface area contributed by atoms with Crippen molar-refractivity contribution in [3.8, 4) is 11.5 Å². The first-order chi connectivity index (χ1) is 57.6. The van der Waals surface area contributed by atoms with E-state index in [4.69, 9.17) is 9.47 Å². The monoisotopic (exact) mass is 2200 g/mol. The van der Waals surface area contributed by atoms with Gasteiger partial charge in [-0.05, 0) is 59.1 Å². The number of benzene rings is 2. The molecule has 0 unspecified atom stereocenters. The fourth-order valence-electron chi connectivity index (χ4n) is 9.76. The molecule has 0 radical (unpaired) electrons. The molecule has 0 N–H and O–H groups in total. The molecule has 2 rings (SSSR count). The van der Waals surface area contributed by atoms with Crippen molar-refractivity contribution in [2.45, 2.75) is 253 Å². The average Bonchev–Trinajstić information content (AvgIpc) is 0.706. The molecule has 0 fully saturated rings. The minimum absolute atomic E-state index is 0.205. The molecule has 0 heterocycles. The molecule has 0 bridgehead atoms. The predicted molar refractivity (Wildman–Crippen MR) is 314 cm³/mol. The lowest BCUT2D eigenvalue weighted by Gasteiger charge is -2.42. The molecule has 2 nitrogen and oxygen atoms in total. The molecule has 0 aliphatic carbocycles. The topological polar surface area (TPSA) is 18.5 Å². The Morgan fingerprint density at radius 1 is 0.180 bits per heavy atom. The second kappa shape index (κ2) is 36.6. The van der Waals surface area contributed by atoms with E-state index in [1.165, 1.54) is 0 Å². The van der Waals surface area contributed by atoms with Gasteiger partial charge in [0.15, 0.2) is 0 Å². The van der Waals surface area contributed by atoms with Crippen LogP contribution in [0.3, 0.4) is 0 Å². The maximum absolute atomic E-state index is 15.0. The minimum atomic E-state index is -9.23. The van der Waals surface area contributed by atoms with E-state index < -0.39 is 361 Å². The summed E-state index contributed by atoms with van der Waals surface area (Å²) in [5.74, 6) is -261. The number of rotatable bonds is 48. The molecule has 0 aliphatic heterocycles. The van der Waals surface area contributed by atoms with Gasteiger partial charge in [0.05, 0.1) is 0 Å². The lowest BCUT2D eigenvalue weighted by Crippen LogP contribution is -2.74. The van der Waals surface area contributed by atoms with Crippen molar-refractivity contribution in [3.05, 3.63) is 57.6 Å². The van der Waals surface area contributed by atoms with Gasteiger partial charge in [-0.3, -0.25) is 0 Å². The lowest BCUT2D eigenvalue weighted by molar-refractivity contribution is -0.461. The zero-order valence-corrected chi connectivity index (χ0v) is 64.9. The van der Waals surface area contributed by atoms with E-state index in [9.17, 15) is 299 Å². The minimum Gasteiger partial charge on any atom is -0.457 e. The number of ether oxygens (including phenoxy) is 2. The normalized spacial score (nSPS) is 16.1. The van der Waals surface area contributed by atoms with Crippen LogP contribution in [0.25, 0.3) is 0 Å². The molecule has 0 spiro atoms. The van der Waals surface area contributed by atoms with Crippen LogP contribution in [0, 0.1) is 13.8 Å².